The highest BCUT2D eigenvalue weighted by Crippen LogP contribution is 2.31. The lowest BCUT2D eigenvalue weighted by atomic mass is 10.1. The Bertz CT molecular complexity index is 965. The number of phenols is 1. The number of carbonyl (C=O) groups excluding carboxylic acids is 3. The summed E-state index contributed by atoms with van der Waals surface area (Å²) >= 11 is 6.17. The number of anilines is 1. The first-order valence-electron chi connectivity index (χ1n) is 8.99. The van der Waals surface area contributed by atoms with Crippen LogP contribution in [0.5, 0.6) is 5.75 Å². The van der Waals surface area contributed by atoms with Crippen LogP contribution < -0.4 is 16.0 Å². The van der Waals surface area contributed by atoms with Crippen LogP contribution in [0.3, 0.4) is 0 Å². The maximum atomic E-state index is 13.3. The molecule has 0 saturated heterocycles. The van der Waals surface area contributed by atoms with Crippen molar-refractivity contribution in [2.75, 3.05) is 18.0 Å². The van der Waals surface area contributed by atoms with Gasteiger partial charge in [-0.15, -0.1) is 0 Å². The fraction of sp³-hybridized carbons (Fsp3) is 0.250. The lowest BCUT2D eigenvalue weighted by Gasteiger charge is -2.29. The molecule has 0 aromatic heterocycles. The topological polar surface area (TPSA) is 116 Å². The molecule has 0 radical (unpaired) electrons. The minimum absolute atomic E-state index is 0.0338. The second-order valence-electron chi connectivity index (χ2n) is 6.81. The normalized spacial score (nSPS) is 16.0. The van der Waals surface area contributed by atoms with Crippen LogP contribution in [0.15, 0.2) is 42.5 Å². The number of benzene rings is 2. The van der Waals surface area contributed by atoms with Crippen molar-refractivity contribution in [1.29, 1.82) is 0 Å². The van der Waals surface area contributed by atoms with E-state index < -0.39 is 11.9 Å². The first-order chi connectivity index (χ1) is 13.8. The molecule has 1 aliphatic rings. The number of hydrogen-bond acceptors (Lipinski definition) is 4. The quantitative estimate of drug-likeness (QED) is 0.710. The van der Waals surface area contributed by atoms with E-state index in [2.05, 4.69) is 5.32 Å². The standard InChI is InChI=1S/C20H21ClN4O4/c1-12-10-25(19(28)15-7-6-14(26)8-16(15)21)17-5-3-2-4-13(17)11-24(12)20(29)23-9-18(22)27/h2-8,12,26H,9-11H2,1H3,(H2,22,27)(H,23,29). The van der Waals surface area contributed by atoms with Gasteiger partial charge in [-0.05, 0) is 36.8 Å². The third-order valence-corrected chi connectivity index (χ3v) is 5.02. The van der Waals surface area contributed by atoms with Crippen molar-refractivity contribution in [3.8, 4) is 5.75 Å². The molecule has 1 unspecified atom stereocenters. The van der Waals surface area contributed by atoms with Crippen molar-refractivity contribution in [1.82, 2.24) is 10.2 Å². The molecule has 0 fully saturated rings. The van der Waals surface area contributed by atoms with Crippen molar-refractivity contribution < 1.29 is 19.5 Å². The number of fused-ring (bicyclic) bond motifs is 1. The zero-order chi connectivity index (χ0) is 21.1. The number of para-hydroxylation sites is 1. The van der Waals surface area contributed by atoms with Crippen LogP contribution in [0.2, 0.25) is 5.02 Å². The van der Waals surface area contributed by atoms with Gasteiger partial charge in [0.25, 0.3) is 5.91 Å². The Balaban J connectivity index is 1.95. The molecule has 4 N–H and O–H groups in total. The monoisotopic (exact) mass is 416 g/mol. The lowest BCUT2D eigenvalue weighted by molar-refractivity contribution is -0.117. The number of phenolic OH excluding ortho intramolecular Hbond substituents is 1. The van der Waals surface area contributed by atoms with Gasteiger partial charge in [-0.1, -0.05) is 29.8 Å². The number of amides is 4. The highest BCUT2D eigenvalue weighted by molar-refractivity contribution is 6.34. The molecule has 2 aromatic rings. The number of nitrogens with one attached hydrogen (secondary N) is 1. The first-order valence-corrected chi connectivity index (χ1v) is 9.36. The summed E-state index contributed by atoms with van der Waals surface area (Å²) < 4.78 is 0. The molecule has 29 heavy (non-hydrogen) atoms. The Morgan fingerprint density at radius 2 is 1.97 bits per heavy atom. The Morgan fingerprint density at radius 1 is 1.24 bits per heavy atom. The molecule has 2 aromatic carbocycles. The largest absolute Gasteiger partial charge is 0.508 e. The van der Waals surface area contributed by atoms with Gasteiger partial charge in [-0.2, -0.15) is 0 Å². The van der Waals surface area contributed by atoms with Crippen LogP contribution in [0, 0.1) is 0 Å². The average molecular weight is 417 g/mol. The van der Waals surface area contributed by atoms with Gasteiger partial charge in [0.1, 0.15) is 5.75 Å². The number of carbonyl (C=O) groups is 3. The van der Waals surface area contributed by atoms with E-state index in [4.69, 9.17) is 17.3 Å². The Hall–Kier alpha value is -3.26. The van der Waals surface area contributed by atoms with E-state index in [0.29, 0.717) is 5.69 Å². The summed E-state index contributed by atoms with van der Waals surface area (Å²) in [6.45, 7) is 2.02. The van der Waals surface area contributed by atoms with Crippen molar-refractivity contribution in [2.24, 2.45) is 5.73 Å². The zero-order valence-electron chi connectivity index (χ0n) is 15.8. The van der Waals surface area contributed by atoms with E-state index in [1.165, 1.54) is 18.2 Å². The predicted octanol–water partition coefficient (Wildman–Crippen LogP) is 2.09. The smallest absolute Gasteiger partial charge is 0.318 e. The van der Waals surface area contributed by atoms with E-state index >= 15 is 0 Å². The Labute approximate surface area is 172 Å². The molecular formula is C20H21ClN4O4. The molecule has 0 aliphatic carbocycles. The van der Waals surface area contributed by atoms with E-state index in [0.717, 1.165) is 5.56 Å². The predicted molar refractivity (Wildman–Crippen MR) is 109 cm³/mol. The van der Waals surface area contributed by atoms with Gasteiger partial charge in [0, 0.05) is 24.8 Å². The van der Waals surface area contributed by atoms with Crippen LogP contribution in [0.1, 0.15) is 22.8 Å². The Kier molecular flexibility index (Phi) is 5.93. The summed E-state index contributed by atoms with van der Waals surface area (Å²) in [5.74, 6) is -1.01. The molecule has 3 rings (SSSR count). The van der Waals surface area contributed by atoms with E-state index in [1.807, 2.05) is 25.1 Å². The molecule has 1 atom stereocenters. The van der Waals surface area contributed by atoms with E-state index in [-0.39, 0.29) is 47.9 Å². The van der Waals surface area contributed by atoms with E-state index in [9.17, 15) is 19.5 Å². The number of nitrogens with two attached hydrogens (primary N) is 1. The highest BCUT2D eigenvalue weighted by Gasteiger charge is 2.32. The van der Waals surface area contributed by atoms with Crippen molar-refractivity contribution in [2.45, 2.75) is 19.5 Å². The summed E-state index contributed by atoms with van der Waals surface area (Å²) in [6.07, 6.45) is 0. The number of urea groups is 1. The first kappa shape index (κ1) is 20.5. The SMILES string of the molecule is CC1CN(C(=O)c2ccc(O)cc2Cl)c2ccccc2CN1C(=O)NCC(N)=O. The Morgan fingerprint density at radius 3 is 2.66 bits per heavy atom. The van der Waals surface area contributed by atoms with Gasteiger partial charge in [0.2, 0.25) is 5.91 Å². The molecule has 1 heterocycles. The second kappa shape index (κ2) is 8.40. The maximum absolute atomic E-state index is 13.3. The van der Waals surface area contributed by atoms with Gasteiger partial charge in [-0.25, -0.2) is 4.79 Å². The van der Waals surface area contributed by atoms with Crippen molar-refractivity contribution in [3.05, 3.63) is 58.6 Å². The van der Waals surface area contributed by atoms with E-state index in [1.54, 1.807) is 15.9 Å². The number of aromatic hydroxyl groups is 1. The fourth-order valence-electron chi connectivity index (χ4n) is 3.26. The minimum Gasteiger partial charge on any atom is -0.508 e. The van der Waals surface area contributed by atoms with Gasteiger partial charge in [0.15, 0.2) is 0 Å². The molecule has 0 bridgehead atoms. The number of primary amides is 1. The van der Waals surface area contributed by atoms with Crippen LogP contribution >= 0.6 is 11.6 Å². The zero-order valence-corrected chi connectivity index (χ0v) is 16.5. The van der Waals surface area contributed by atoms with Crippen molar-refractivity contribution in [3.63, 3.8) is 0 Å². The fourth-order valence-corrected chi connectivity index (χ4v) is 3.52. The molecule has 4 amide bonds. The minimum atomic E-state index is -0.639. The van der Waals surface area contributed by atoms with Crippen LogP contribution in [-0.2, 0) is 11.3 Å². The molecule has 0 saturated carbocycles. The second-order valence-corrected chi connectivity index (χ2v) is 7.22. The number of halogens is 1. The molecule has 9 heteroatoms. The molecule has 1 aliphatic heterocycles. The molecule has 0 spiro atoms. The number of nitrogens with zero attached hydrogens (tertiary/aromatic N) is 2. The molecule has 152 valence electrons. The number of hydrogen-bond donors (Lipinski definition) is 3. The maximum Gasteiger partial charge on any atom is 0.318 e. The van der Waals surface area contributed by atoms with Gasteiger partial charge >= 0.3 is 6.03 Å². The van der Waals surface area contributed by atoms with Crippen LogP contribution in [0.25, 0.3) is 0 Å². The lowest BCUT2D eigenvalue weighted by Crippen LogP contribution is -2.49. The summed E-state index contributed by atoms with van der Waals surface area (Å²) in [6, 6.07) is 10.7. The summed E-state index contributed by atoms with van der Waals surface area (Å²) in [5, 5.41) is 12.2. The van der Waals surface area contributed by atoms with Crippen molar-refractivity contribution >= 4 is 35.1 Å². The third kappa shape index (κ3) is 4.43. The molecule has 8 nitrogen and oxygen atoms in total. The number of rotatable bonds is 3. The average Bonchev–Trinajstić information content (AvgIpc) is 2.82. The van der Waals surface area contributed by atoms with Crippen LogP contribution in [0.4, 0.5) is 10.5 Å². The van der Waals surface area contributed by atoms with Gasteiger partial charge < -0.3 is 26.0 Å². The third-order valence-electron chi connectivity index (χ3n) is 4.70. The van der Waals surface area contributed by atoms with Gasteiger partial charge in [0.05, 0.1) is 17.1 Å². The highest BCUT2D eigenvalue weighted by atomic mass is 35.5. The van der Waals surface area contributed by atoms with Gasteiger partial charge in [-0.3, -0.25) is 9.59 Å². The molecular weight excluding hydrogens is 396 g/mol. The summed E-state index contributed by atoms with van der Waals surface area (Å²) in [7, 11) is 0. The summed E-state index contributed by atoms with van der Waals surface area (Å²) in [4.78, 5) is 39.9. The van der Waals surface area contributed by atoms with Crippen LogP contribution in [-0.4, -0.2) is 47.0 Å². The summed E-state index contributed by atoms with van der Waals surface area (Å²) in [5.41, 5.74) is 6.79.